The summed E-state index contributed by atoms with van der Waals surface area (Å²) in [6, 6.07) is 8.07. The van der Waals surface area contributed by atoms with Crippen LogP contribution in [-0.2, 0) is 19.4 Å². The van der Waals surface area contributed by atoms with Crippen LogP contribution in [0.25, 0.3) is 0 Å². The molecule has 0 radical (unpaired) electrons. The van der Waals surface area contributed by atoms with Gasteiger partial charge in [-0.05, 0) is 31.9 Å². The maximum absolute atomic E-state index is 12.2. The predicted molar refractivity (Wildman–Crippen MR) is 92.9 cm³/mol. The van der Waals surface area contributed by atoms with E-state index in [9.17, 15) is 18.0 Å². The summed E-state index contributed by atoms with van der Waals surface area (Å²) in [7, 11) is -3.45. The lowest BCUT2D eigenvalue weighted by Crippen LogP contribution is -2.46. The number of carbonyl (C=O) groups excluding carboxylic acids is 2. The highest BCUT2D eigenvalue weighted by Gasteiger charge is 2.25. The summed E-state index contributed by atoms with van der Waals surface area (Å²) in [4.78, 5) is 25.5. The van der Waals surface area contributed by atoms with E-state index in [-0.39, 0.29) is 35.1 Å². The van der Waals surface area contributed by atoms with Crippen molar-refractivity contribution in [1.82, 2.24) is 10.2 Å². The number of hydrogen-bond donors (Lipinski definition) is 1. The van der Waals surface area contributed by atoms with Crippen LogP contribution in [0.1, 0.15) is 26.2 Å². The van der Waals surface area contributed by atoms with E-state index in [0.717, 1.165) is 0 Å². The molecule has 0 atom stereocenters. The summed E-state index contributed by atoms with van der Waals surface area (Å²) in [5, 5.41) is 2.85. The molecule has 2 amide bonds. The smallest absolute Gasteiger partial charge is 0.409 e. The lowest BCUT2D eigenvalue weighted by Gasteiger charge is -2.31. The number of nitrogens with one attached hydrogen (secondary N) is 1. The number of sulfone groups is 1. The number of benzene rings is 1. The zero-order chi connectivity index (χ0) is 18.3. The molecule has 7 nitrogen and oxygen atoms in total. The van der Waals surface area contributed by atoms with Crippen molar-refractivity contribution >= 4 is 21.8 Å². The second-order valence-electron chi connectivity index (χ2n) is 5.91. The van der Waals surface area contributed by atoms with E-state index in [1.807, 2.05) is 0 Å². The number of nitrogens with zero attached hydrogens (tertiary/aromatic N) is 1. The average molecular weight is 368 g/mol. The van der Waals surface area contributed by atoms with Crippen molar-refractivity contribution < 1.29 is 22.7 Å². The fraction of sp³-hybridized carbons (Fsp3) is 0.529. The van der Waals surface area contributed by atoms with Crippen LogP contribution in [-0.4, -0.2) is 56.8 Å². The van der Waals surface area contributed by atoms with Gasteiger partial charge in [0.1, 0.15) is 0 Å². The van der Waals surface area contributed by atoms with Gasteiger partial charge in [-0.15, -0.1) is 0 Å². The molecule has 1 aromatic carbocycles. The highest BCUT2D eigenvalue weighted by atomic mass is 32.2. The SMILES string of the molecule is CCOC(=O)N1CCC(NC(=O)CCS(=O)(=O)c2ccccc2)CC1. The fourth-order valence-electron chi connectivity index (χ4n) is 2.69. The Hall–Kier alpha value is -2.09. The highest BCUT2D eigenvalue weighted by Crippen LogP contribution is 2.13. The van der Waals surface area contributed by atoms with Crippen LogP contribution in [0.3, 0.4) is 0 Å². The Morgan fingerprint density at radius 2 is 1.84 bits per heavy atom. The van der Waals surface area contributed by atoms with E-state index in [1.165, 1.54) is 12.1 Å². The molecule has 138 valence electrons. The Labute approximate surface area is 148 Å². The van der Waals surface area contributed by atoms with E-state index >= 15 is 0 Å². The summed E-state index contributed by atoms with van der Waals surface area (Å²) in [5.74, 6) is -0.501. The van der Waals surface area contributed by atoms with Crippen molar-refractivity contribution in [3.63, 3.8) is 0 Å². The van der Waals surface area contributed by atoms with Crippen LogP contribution in [0.2, 0.25) is 0 Å². The second-order valence-corrected chi connectivity index (χ2v) is 8.02. The molecule has 1 aromatic rings. The quantitative estimate of drug-likeness (QED) is 0.823. The van der Waals surface area contributed by atoms with Crippen LogP contribution >= 0.6 is 0 Å². The molecule has 8 heteroatoms. The van der Waals surface area contributed by atoms with Gasteiger partial charge in [0.25, 0.3) is 0 Å². The molecule has 1 aliphatic heterocycles. The maximum Gasteiger partial charge on any atom is 0.409 e. The molecule has 25 heavy (non-hydrogen) atoms. The van der Waals surface area contributed by atoms with Gasteiger partial charge in [-0.3, -0.25) is 4.79 Å². The van der Waals surface area contributed by atoms with E-state index in [4.69, 9.17) is 4.74 Å². The molecule has 0 saturated carbocycles. The number of carbonyl (C=O) groups is 2. The third kappa shape index (κ3) is 5.74. The molecule has 1 fully saturated rings. The normalized spacial score (nSPS) is 15.6. The minimum Gasteiger partial charge on any atom is -0.450 e. The molecule has 0 aliphatic carbocycles. The van der Waals surface area contributed by atoms with Crippen molar-refractivity contribution in [2.75, 3.05) is 25.4 Å². The van der Waals surface area contributed by atoms with Crippen LogP contribution in [0, 0.1) is 0 Å². The zero-order valence-electron chi connectivity index (χ0n) is 14.3. The van der Waals surface area contributed by atoms with Gasteiger partial charge in [0, 0.05) is 25.6 Å². The lowest BCUT2D eigenvalue weighted by atomic mass is 10.1. The first-order valence-corrected chi connectivity index (χ1v) is 10.1. The predicted octanol–water partition coefficient (Wildman–Crippen LogP) is 1.59. The standard InChI is InChI=1S/C17H24N2O5S/c1-2-24-17(21)19-11-8-14(9-12-19)18-16(20)10-13-25(22,23)15-6-4-3-5-7-15/h3-7,14H,2,8-13H2,1H3,(H,18,20). The van der Waals surface area contributed by atoms with E-state index in [0.29, 0.717) is 32.5 Å². The Kier molecular flexibility index (Phi) is 6.81. The summed E-state index contributed by atoms with van der Waals surface area (Å²) in [5.41, 5.74) is 0. The molecule has 1 aliphatic rings. The fourth-order valence-corrected chi connectivity index (χ4v) is 3.96. The van der Waals surface area contributed by atoms with Crippen molar-refractivity contribution in [3.05, 3.63) is 30.3 Å². The first-order chi connectivity index (χ1) is 11.9. The van der Waals surface area contributed by atoms with Gasteiger partial charge >= 0.3 is 6.09 Å². The van der Waals surface area contributed by atoms with Gasteiger partial charge in [0.2, 0.25) is 5.91 Å². The molecule has 0 spiro atoms. The van der Waals surface area contributed by atoms with Gasteiger partial charge in [-0.1, -0.05) is 18.2 Å². The van der Waals surface area contributed by atoms with Gasteiger partial charge in [-0.2, -0.15) is 0 Å². The zero-order valence-corrected chi connectivity index (χ0v) is 15.1. The van der Waals surface area contributed by atoms with Crippen molar-refractivity contribution in [2.45, 2.75) is 37.1 Å². The monoisotopic (exact) mass is 368 g/mol. The molecule has 1 heterocycles. The number of ether oxygens (including phenoxy) is 1. The number of rotatable bonds is 6. The third-order valence-corrected chi connectivity index (χ3v) is 5.82. The van der Waals surface area contributed by atoms with Gasteiger partial charge in [0.05, 0.1) is 17.3 Å². The van der Waals surface area contributed by atoms with E-state index < -0.39 is 9.84 Å². The molecule has 0 bridgehead atoms. The van der Waals surface area contributed by atoms with E-state index in [1.54, 1.807) is 30.0 Å². The molecular formula is C17H24N2O5S. The van der Waals surface area contributed by atoms with E-state index in [2.05, 4.69) is 5.32 Å². The summed E-state index contributed by atoms with van der Waals surface area (Å²) < 4.78 is 29.3. The highest BCUT2D eigenvalue weighted by molar-refractivity contribution is 7.91. The van der Waals surface area contributed by atoms with Gasteiger partial charge in [-0.25, -0.2) is 13.2 Å². The van der Waals surface area contributed by atoms with Crippen LogP contribution < -0.4 is 5.32 Å². The van der Waals surface area contributed by atoms with Crippen LogP contribution in [0.15, 0.2) is 35.2 Å². The Balaban J connectivity index is 1.75. The minimum absolute atomic E-state index is 0.0439. The number of hydrogen-bond acceptors (Lipinski definition) is 5. The molecule has 1 N–H and O–H groups in total. The minimum atomic E-state index is -3.45. The Morgan fingerprint density at radius 3 is 2.44 bits per heavy atom. The van der Waals surface area contributed by atoms with Crippen molar-refractivity contribution in [1.29, 1.82) is 0 Å². The Bertz CT molecular complexity index is 682. The van der Waals surface area contributed by atoms with Crippen molar-refractivity contribution in [3.8, 4) is 0 Å². The summed E-state index contributed by atoms with van der Waals surface area (Å²) in [6.45, 7) is 3.14. The summed E-state index contributed by atoms with van der Waals surface area (Å²) in [6.07, 6.45) is 0.864. The molecule has 0 aromatic heterocycles. The number of amides is 2. The van der Waals surface area contributed by atoms with Crippen LogP contribution in [0.4, 0.5) is 4.79 Å². The van der Waals surface area contributed by atoms with Gasteiger partial charge in [0.15, 0.2) is 9.84 Å². The largest absolute Gasteiger partial charge is 0.450 e. The molecule has 0 unspecified atom stereocenters. The first kappa shape index (κ1) is 19.2. The molecular weight excluding hydrogens is 344 g/mol. The second kappa shape index (κ2) is 8.84. The molecule has 1 saturated heterocycles. The number of likely N-dealkylation sites (tertiary alicyclic amines) is 1. The van der Waals surface area contributed by atoms with Crippen molar-refractivity contribution in [2.24, 2.45) is 0 Å². The number of piperidine rings is 1. The molecule has 2 rings (SSSR count). The maximum atomic E-state index is 12.2. The average Bonchev–Trinajstić information content (AvgIpc) is 2.62. The first-order valence-electron chi connectivity index (χ1n) is 8.41. The summed E-state index contributed by atoms with van der Waals surface area (Å²) >= 11 is 0. The topological polar surface area (TPSA) is 92.8 Å². The van der Waals surface area contributed by atoms with Gasteiger partial charge < -0.3 is 15.0 Å². The Morgan fingerprint density at radius 1 is 1.20 bits per heavy atom. The lowest BCUT2D eigenvalue weighted by molar-refractivity contribution is -0.121. The van der Waals surface area contributed by atoms with Crippen LogP contribution in [0.5, 0.6) is 0 Å². The third-order valence-electron chi connectivity index (χ3n) is 4.09.